The van der Waals surface area contributed by atoms with E-state index in [1.54, 1.807) is 0 Å². The summed E-state index contributed by atoms with van der Waals surface area (Å²) in [6.07, 6.45) is 26.3. The van der Waals surface area contributed by atoms with E-state index >= 15 is 0 Å². The highest BCUT2D eigenvalue weighted by molar-refractivity contribution is 5.05. The zero-order valence-electron chi connectivity index (χ0n) is 18.7. The van der Waals surface area contributed by atoms with Gasteiger partial charge < -0.3 is 0 Å². The van der Waals surface area contributed by atoms with Crippen LogP contribution in [0.2, 0.25) is 0 Å². The topological polar surface area (TPSA) is 25.8 Å². The van der Waals surface area contributed by atoms with Gasteiger partial charge in [0.2, 0.25) is 0 Å². The Hall–Kier alpha value is -0.920. The van der Waals surface area contributed by atoms with Crippen molar-refractivity contribution in [2.24, 2.45) is 23.7 Å². The largest absolute Gasteiger partial charge is 0.241 e. The molecule has 28 heavy (non-hydrogen) atoms. The quantitative estimate of drug-likeness (QED) is 0.389. The molecule has 0 saturated heterocycles. The second-order valence-electron chi connectivity index (χ2n) is 9.85. The van der Waals surface area contributed by atoms with E-state index in [1.807, 2.05) is 0 Å². The summed E-state index contributed by atoms with van der Waals surface area (Å²) in [5, 5.41) is 0. The molecule has 0 bridgehead atoms. The molecule has 0 N–H and O–H groups in total. The molecule has 2 aliphatic rings. The third-order valence-corrected chi connectivity index (χ3v) is 7.75. The van der Waals surface area contributed by atoms with Gasteiger partial charge in [-0.1, -0.05) is 65.2 Å². The number of hydrogen-bond donors (Lipinski definition) is 0. The molecule has 0 radical (unpaired) electrons. The van der Waals surface area contributed by atoms with Crippen LogP contribution in [-0.4, -0.2) is 9.97 Å². The van der Waals surface area contributed by atoms with E-state index in [9.17, 15) is 0 Å². The molecule has 2 aliphatic carbocycles. The summed E-state index contributed by atoms with van der Waals surface area (Å²) in [6, 6.07) is 0. The van der Waals surface area contributed by atoms with Crippen LogP contribution in [0.15, 0.2) is 12.4 Å². The fourth-order valence-electron chi connectivity index (χ4n) is 5.86. The monoisotopic (exact) mass is 384 g/mol. The lowest BCUT2D eigenvalue weighted by Gasteiger charge is -2.38. The van der Waals surface area contributed by atoms with Crippen LogP contribution in [0.3, 0.4) is 0 Å². The maximum Gasteiger partial charge on any atom is 0.128 e. The van der Waals surface area contributed by atoms with Gasteiger partial charge in [-0.25, -0.2) is 9.97 Å². The molecule has 3 rings (SSSR count). The molecule has 2 saturated carbocycles. The summed E-state index contributed by atoms with van der Waals surface area (Å²) in [7, 11) is 0. The van der Waals surface area contributed by atoms with E-state index in [1.165, 1.54) is 95.5 Å². The van der Waals surface area contributed by atoms with Crippen LogP contribution in [0, 0.1) is 23.7 Å². The van der Waals surface area contributed by atoms with Crippen molar-refractivity contribution in [1.29, 1.82) is 0 Å². The smallest absolute Gasteiger partial charge is 0.128 e. The average molecular weight is 385 g/mol. The fourth-order valence-corrected chi connectivity index (χ4v) is 5.86. The molecule has 2 heteroatoms. The first kappa shape index (κ1) is 21.8. The van der Waals surface area contributed by atoms with Gasteiger partial charge in [0.05, 0.1) is 0 Å². The molecule has 0 spiro atoms. The summed E-state index contributed by atoms with van der Waals surface area (Å²) >= 11 is 0. The SMILES string of the molecule is CCCCCc1cnc(CCC2CCC(C3CCC(CCC)CC3)CC2)nc1. The molecular weight excluding hydrogens is 340 g/mol. The Morgan fingerprint density at radius 2 is 1.25 bits per heavy atom. The van der Waals surface area contributed by atoms with Gasteiger partial charge in [0.1, 0.15) is 5.82 Å². The second kappa shape index (κ2) is 11.9. The van der Waals surface area contributed by atoms with Gasteiger partial charge in [0.25, 0.3) is 0 Å². The van der Waals surface area contributed by atoms with Crippen molar-refractivity contribution >= 4 is 0 Å². The predicted octanol–water partition coefficient (Wildman–Crippen LogP) is 7.55. The Morgan fingerprint density at radius 3 is 1.79 bits per heavy atom. The molecule has 158 valence electrons. The molecule has 0 aliphatic heterocycles. The fraction of sp³-hybridized carbons (Fsp3) is 0.846. The number of aromatic nitrogens is 2. The van der Waals surface area contributed by atoms with Crippen LogP contribution in [0.4, 0.5) is 0 Å². The molecule has 1 heterocycles. The van der Waals surface area contributed by atoms with Gasteiger partial charge in [-0.15, -0.1) is 0 Å². The Morgan fingerprint density at radius 1 is 0.679 bits per heavy atom. The first-order chi connectivity index (χ1) is 13.8. The maximum atomic E-state index is 4.64. The highest BCUT2D eigenvalue weighted by Gasteiger charge is 2.30. The number of rotatable bonds is 10. The summed E-state index contributed by atoms with van der Waals surface area (Å²) in [5.41, 5.74) is 1.31. The van der Waals surface area contributed by atoms with Gasteiger partial charge >= 0.3 is 0 Å². The van der Waals surface area contributed by atoms with Crippen LogP contribution in [0.5, 0.6) is 0 Å². The van der Waals surface area contributed by atoms with Crippen molar-refractivity contribution in [3.8, 4) is 0 Å². The van der Waals surface area contributed by atoms with Gasteiger partial charge in [-0.3, -0.25) is 0 Å². The highest BCUT2D eigenvalue weighted by atomic mass is 14.9. The van der Waals surface area contributed by atoms with Gasteiger partial charge in [-0.05, 0) is 74.2 Å². The van der Waals surface area contributed by atoms with E-state index in [2.05, 4.69) is 36.2 Å². The van der Waals surface area contributed by atoms with E-state index < -0.39 is 0 Å². The Bertz CT molecular complexity index is 522. The van der Waals surface area contributed by atoms with E-state index in [4.69, 9.17) is 0 Å². The second-order valence-corrected chi connectivity index (χ2v) is 9.85. The highest BCUT2D eigenvalue weighted by Crippen LogP contribution is 2.42. The first-order valence-electron chi connectivity index (χ1n) is 12.6. The molecular formula is C26H44N2. The first-order valence-corrected chi connectivity index (χ1v) is 12.6. The van der Waals surface area contributed by atoms with Crippen molar-refractivity contribution in [2.45, 2.75) is 117 Å². The normalized spacial score (nSPS) is 28.4. The van der Waals surface area contributed by atoms with Crippen LogP contribution >= 0.6 is 0 Å². The minimum absolute atomic E-state index is 0.917. The van der Waals surface area contributed by atoms with Crippen LogP contribution in [0.25, 0.3) is 0 Å². The summed E-state index contributed by atoms with van der Waals surface area (Å²) < 4.78 is 0. The third-order valence-electron chi connectivity index (χ3n) is 7.75. The van der Waals surface area contributed by atoms with E-state index in [-0.39, 0.29) is 0 Å². The lowest BCUT2D eigenvalue weighted by molar-refractivity contribution is 0.141. The van der Waals surface area contributed by atoms with Crippen molar-refractivity contribution in [2.75, 3.05) is 0 Å². The lowest BCUT2D eigenvalue weighted by atomic mass is 9.68. The summed E-state index contributed by atoms with van der Waals surface area (Å²) in [5.74, 6) is 5.13. The average Bonchev–Trinajstić information content (AvgIpc) is 2.75. The summed E-state index contributed by atoms with van der Waals surface area (Å²) in [4.78, 5) is 9.28. The minimum Gasteiger partial charge on any atom is -0.241 e. The molecule has 2 nitrogen and oxygen atoms in total. The molecule has 1 aromatic heterocycles. The maximum absolute atomic E-state index is 4.64. The number of hydrogen-bond acceptors (Lipinski definition) is 2. The standard InChI is InChI=1S/C26H44N2/c1-3-5-6-8-23-19-27-26(28-20-23)18-13-22-11-16-25(17-12-22)24-14-9-21(7-4-2)10-15-24/h19-22,24-25H,3-18H2,1-2H3. The number of aryl methyl sites for hydroxylation is 2. The Kier molecular flexibility index (Phi) is 9.28. The van der Waals surface area contributed by atoms with Crippen molar-refractivity contribution in [3.05, 3.63) is 23.8 Å². The summed E-state index contributed by atoms with van der Waals surface area (Å²) in [6.45, 7) is 4.60. The molecule has 2 fully saturated rings. The number of nitrogens with zero attached hydrogens (tertiary/aromatic N) is 2. The molecule has 0 aromatic carbocycles. The van der Waals surface area contributed by atoms with Crippen molar-refractivity contribution in [1.82, 2.24) is 9.97 Å². The molecule has 0 amide bonds. The van der Waals surface area contributed by atoms with Crippen molar-refractivity contribution < 1.29 is 0 Å². The minimum atomic E-state index is 0.917. The van der Waals surface area contributed by atoms with Crippen molar-refractivity contribution in [3.63, 3.8) is 0 Å². The Balaban J connectivity index is 1.32. The molecule has 0 atom stereocenters. The van der Waals surface area contributed by atoms with E-state index in [0.29, 0.717) is 0 Å². The van der Waals surface area contributed by atoms with Gasteiger partial charge in [-0.2, -0.15) is 0 Å². The van der Waals surface area contributed by atoms with Gasteiger partial charge in [0, 0.05) is 18.8 Å². The van der Waals surface area contributed by atoms with Gasteiger partial charge in [0.15, 0.2) is 0 Å². The van der Waals surface area contributed by atoms with Crippen LogP contribution in [0.1, 0.15) is 115 Å². The number of unbranched alkanes of at least 4 members (excludes halogenated alkanes) is 2. The Labute approximate surface area is 174 Å². The zero-order valence-corrected chi connectivity index (χ0v) is 18.7. The predicted molar refractivity (Wildman–Crippen MR) is 119 cm³/mol. The van der Waals surface area contributed by atoms with Crippen LogP contribution < -0.4 is 0 Å². The third kappa shape index (κ3) is 6.85. The molecule has 0 unspecified atom stereocenters. The zero-order chi connectivity index (χ0) is 19.6. The lowest BCUT2D eigenvalue weighted by Crippen LogP contribution is -2.26. The van der Waals surface area contributed by atoms with Crippen LogP contribution in [-0.2, 0) is 12.8 Å². The van der Waals surface area contributed by atoms with E-state index in [0.717, 1.165) is 42.3 Å². The molecule has 1 aromatic rings.